The summed E-state index contributed by atoms with van der Waals surface area (Å²) >= 11 is 0. The molecule has 1 amide bonds. The van der Waals surface area contributed by atoms with E-state index in [4.69, 9.17) is 4.74 Å². The normalized spacial score (nSPS) is 17.2. The maximum atomic E-state index is 13.7. The Kier molecular flexibility index (Phi) is 7.85. The van der Waals surface area contributed by atoms with Gasteiger partial charge in [0.05, 0.1) is 23.8 Å². The molecule has 38 heavy (non-hydrogen) atoms. The van der Waals surface area contributed by atoms with Gasteiger partial charge in [0.1, 0.15) is 17.3 Å². The summed E-state index contributed by atoms with van der Waals surface area (Å²) in [5, 5.41) is 11.2. The Morgan fingerprint density at radius 3 is 2.13 bits per heavy atom. The van der Waals surface area contributed by atoms with E-state index in [1.165, 1.54) is 24.3 Å². The molecule has 1 unspecified atom stereocenters. The van der Waals surface area contributed by atoms with Gasteiger partial charge in [-0.1, -0.05) is 31.9 Å². The summed E-state index contributed by atoms with van der Waals surface area (Å²) in [6, 6.07) is 13.9. The molecule has 5 nitrogen and oxygen atoms in total. The minimum atomic E-state index is -4.59. The molecule has 1 N–H and O–H groups in total. The average molecular weight is 528 g/mol. The van der Waals surface area contributed by atoms with Crippen LogP contribution in [0.2, 0.25) is 0 Å². The molecule has 1 saturated heterocycles. The Hall–Kier alpha value is -4.14. The summed E-state index contributed by atoms with van der Waals surface area (Å²) in [7, 11) is 0. The van der Waals surface area contributed by atoms with E-state index in [9.17, 15) is 32.3 Å². The molecule has 0 bridgehead atoms. The number of carbonyl (C=O) groups excluding carboxylic acids is 2. The van der Waals surface area contributed by atoms with E-state index < -0.39 is 41.0 Å². The van der Waals surface area contributed by atoms with E-state index in [0.29, 0.717) is 17.9 Å². The SMILES string of the molecule is CCCCCOc1ccc(/C(O)=C2\C(=O)C(=O)N(c3ccc(C(F)(F)F)cc3)C2c2ccc(F)cc2)cc1. The molecule has 1 fully saturated rings. The van der Waals surface area contributed by atoms with E-state index in [1.54, 1.807) is 12.1 Å². The lowest BCUT2D eigenvalue weighted by atomic mass is 9.95. The van der Waals surface area contributed by atoms with Gasteiger partial charge in [0.15, 0.2) is 0 Å². The largest absolute Gasteiger partial charge is 0.507 e. The lowest BCUT2D eigenvalue weighted by Gasteiger charge is -2.25. The van der Waals surface area contributed by atoms with Gasteiger partial charge in [-0.05, 0) is 72.6 Å². The van der Waals surface area contributed by atoms with Crippen LogP contribution in [0.25, 0.3) is 5.76 Å². The highest BCUT2D eigenvalue weighted by atomic mass is 19.4. The Morgan fingerprint density at radius 2 is 1.55 bits per heavy atom. The second kappa shape index (κ2) is 11.1. The number of Topliss-reactive ketones (excluding diaryl/α,β-unsaturated/α-hetero) is 1. The number of ketones is 1. The van der Waals surface area contributed by atoms with Crippen molar-refractivity contribution in [2.75, 3.05) is 11.5 Å². The number of ether oxygens (including phenoxy) is 1. The average Bonchev–Trinajstić information content (AvgIpc) is 3.16. The quantitative estimate of drug-likeness (QED) is 0.112. The van der Waals surface area contributed by atoms with Crippen molar-refractivity contribution < 1.29 is 37.0 Å². The number of aliphatic hydroxyl groups is 1. The molecule has 0 spiro atoms. The maximum absolute atomic E-state index is 13.7. The third kappa shape index (κ3) is 5.56. The van der Waals surface area contributed by atoms with Crippen molar-refractivity contribution in [3.05, 3.63) is 101 Å². The van der Waals surface area contributed by atoms with E-state index in [2.05, 4.69) is 6.92 Å². The molecule has 1 aliphatic rings. The number of carbonyl (C=O) groups is 2. The molecule has 1 heterocycles. The van der Waals surface area contributed by atoms with Crippen LogP contribution >= 0.6 is 0 Å². The molecule has 0 saturated carbocycles. The first-order chi connectivity index (χ1) is 18.1. The fraction of sp³-hybridized carbons (Fsp3) is 0.241. The molecule has 9 heteroatoms. The molecule has 0 aliphatic carbocycles. The summed E-state index contributed by atoms with van der Waals surface area (Å²) in [4.78, 5) is 27.3. The minimum Gasteiger partial charge on any atom is -0.507 e. The van der Waals surface area contributed by atoms with Crippen molar-refractivity contribution in [3.8, 4) is 5.75 Å². The Balaban J connectivity index is 1.75. The van der Waals surface area contributed by atoms with Crippen molar-refractivity contribution >= 4 is 23.1 Å². The highest BCUT2D eigenvalue weighted by molar-refractivity contribution is 6.51. The summed E-state index contributed by atoms with van der Waals surface area (Å²) < 4.78 is 58.6. The minimum absolute atomic E-state index is 0.0179. The van der Waals surface area contributed by atoms with E-state index >= 15 is 0 Å². The van der Waals surface area contributed by atoms with E-state index in [0.717, 1.165) is 60.6 Å². The van der Waals surface area contributed by atoms with Crippen molar-refractivity contribution in [1.29, 1.82) is 0 Å². The molecule has 0 aromatic heterocycles. The predicted molar refractivity (Wildman–Crippen MR) is 134 cm³/mol. The van der Waals surface area contributed by atoms with E-state index in [1.807, 2.05) is 0 Å². The second-order valence-electron chi connectivity index (χ2n) is 8.85. The summed E-state index contributed by atoms with van der Waals surface area (Å²) in [6.07, 6.45) is -1.62. The summed E-state index contributed by atoms with van der Waals surface area (Å²) in [6.45, 7) is 2.61. The van der Waals surface area contributed by atoms with Crippen LogP contribution in [0.15, 0.2) is 78.4 Å². The predicted octanol–water partition coefficient (Wildman–Crippen LogP) is 7.04. The van der Waals surface area contributed by atoms with Gasteiger partial charge in [0.2, 0.25) is 0 Å². The monoisotopic (exact) mass is 527 g/mol. The third-order valence-corrected chi connectivity index (χ3v) is 6.25. The number of alkyl halides is 3. The lowest BCUT2D eigenvalue weighted by molar-refractivity contribution is -0.137. The number of benzene rings is 3. The molecule has 1 atom stereocenters. The molecule has 3 aromatic carbocycles. The van der Waals surface area contributed by atoms with Gasteiger partial charge in [0.25, 0.3) is 11.7 Å². The number of nitrogens with zero attached hydrogens (tertiary/aromatic N) is 1. The van der Waals surface area contributed by atoms with Crippen molar-refractivity contribution in [3.63, 3.8) is 0 Å². The van der Waals surface area contributed by atoms with Crippen LogP contribution in [0.4, 0.5) is 23.2 Å². The van der Waals surface area contributed by atoms with Gasteiger partial charge in [-0.3, -0.25) is 14.5 Å². The number of unbranched alkanes of at least 4 members (excludes halogenated alkanes) is 2. The van der Waals surface area contributed by atoms with Gasteiger partial charge < -0.3 is 9.84 Å². The fourth-order valence-electron chi connectivity index (χ4n) is 4.28. The zero-order valence-electron chi connectivity index (χ0n) is 20.5. The highest BCUT2D eigenvalue weighted by Gasteiger charge is 2.47. The van der Waals surface area contributed by atoms with Crippen LogP contribution in [0.3, 0.4) is 0 Å². The molecule has 4 rings (SSSR count). The third-order valence-electron chi connectivity index (χ3n) is 6.25. The maximum Gasteiger partial charge on any atom is 0.416 e. The highest BCUT2D eigenvalue weighted by Crippen LogP contribution is 2.43. The van der Waals surface area contributed by atoms with Crippen LogP contribution in [-0.4, -0.2) is 23.4 Å². The molecular formula is C29H25F4NO4. The van der Waals surface area contributed by atoms with Gasteiger partial charge >= 0.3 is 6.18 Å². The number of hydrogen-bond donors (Lipinski definition) is 1. The van der Waals surface area contributed by atoms with Gasteiger partial charge in [-0.25, -0.2) is 4.39 Å². The van der Waals surface area contributed by atoms with Crippen LogP contribution in [0.1, 0.15) is 48.9 Å². The molecule has 198 valence electrons. The molecule has 1 aliphatic heterocycles. The number of hydrogen-bond acceptors (Lipinski definition) is 4. The first-order valence-corrected chi connectivity index (χ1v) is 12.1. The van der Waals surface area contributed by atoms with Crippen LogP contribution in [-0.2, 0) is 15.8 Å². The van der Waals surface area contributed by atoms with Gasteiger partial charge in [-0.15, -0.1) is 0 Å². The molecule has 3 aromatic rings. The first-order valence-electron chi connectivity index (χ1n) is 12.1. The van der Waals surface area contributed by atoms with E-state index in [-0.39, 0.29) is 16.8 Å². The Labute approximate surface area is 217 Å². The number of aliphatic hydroxyl groups excluding tert-OH is 1. The second-order valence-corrected chi connectivity index (χ2v) is 8.85. The smallest absolute Gasteiger partial charge is 0.416 e. The van der Waals surface area contributed by atoms with Crippen LogP contribution < -0.4 is 9.64 Å². The Morgan fingerprint density at radius 1 is 0.921 bits per heavy atom. The lowest BCUT2D eigenvalue weighted by Crippen LogP contribution is -2.29. The van der Waals surface area contributed by atoms with Gasteiger partial charge in [-0.2, -0.15) is 13.2 Å². The molecule has 0 radical (unpaired) electrons. The zero-order chi connectivity index (χ0) is 27.4. The van der Waals surface area contributed by atoms with Crippen molar-refractivity contribution in [2.45, 2.75) is 38.4 Å². The topological polar surface area (TPSA) is 66.8 Å². The van der Waals surface area contributed by atoms with Gasteiger partial charge in [0, 0.05) is 11.3 Å². The van der Waals surface area contributed by atoms with Crippen LogP contribution in [0.5, 0.6) is 5.75 Å². The zero-order valence-corrected chi connectivity index (χ0v) is 20.5. The summed E-state index contributed by atoms with van der Waals surface area (Å²) in [5.41, 5.74) is -0.637. The number of halogens is 4. The standard InChI is InChI=1S/C29H25F4NO4/c1-2-3-4-17-38-23-15-7-19(8-16-23)26(35)24-25(18-5-11-21(30)12-6-18)34(28(37)27(24)36)22-13-9-20(10-14-22)29(31,32)33/h5-16,25,35H,2-4,17H2,1H3/b26-24+. The Bertz CT molecular complexity index is 1330. The van der Waals surface area contributed by atoms with Crippen molar-refractivity contribution in [1.82, 2.24) is 0 Å². The number of anilines is 1. The number of amides is 1. The first kappa shape index (κ1) is 26.9. The molecular weight excluding hydrogens is 502 g/mol. The van der Waals surface area contributed by atoms with Crippen molar-refractivity contribution in [2.24, 2.45) is 0 Å². The van der Waals surface area contributed by atoms with Crippen LogP contribution in [0, 0.1) is 5.82 Å². The number of rotatable bonds is 8. The summed E-state index contributed by atoms with van der Waals surface area (Å²) in [5.74, 6) is -2.51. The fourth-order valence-corrected chi connectivity index (χ4v) is 4.28.